The average Bonchev–Trinajstić information content (AvgIpc) is 3.07. The first kappa shape index (κ1) is 18.4. The monoisotopic (exact) mass is 390 g/mol. The van der Waals surface area contributed by atoms with Gasteiger partial charge in [0, 0.05) is 10.4 Å². The largest absolute Gasteiger partial charge is 0.493 e. The van der Waals surface area contributed by atoms with E-state index in [1.165, 1.54) is 29.5 Å². The second-order valence-electron chi connectivity index (χ2n) is 5.42. The van der Waals surface area contributed by atoms with Crippen molar-refractivity contribution in [1.82, 2.24) is 4.98 Å². The summed E-state index contributed by atoms with van der Waals surface area (Å²) in [5.74, 6) is -0.144. The lowest BCUT2D eigenvalue weighted by molar-refractivity contribution is -0.115. The van der Waals surface area contributed by atoms with E-state index in [1.807, 2.05) is 36.6 Å². The van der Waals surface area contributed by atoms with Gasteiger partial charge in [0.05, 0.1) is 30.0 Å². The minimum Gasteiger partial charge on any atom is -0.493 e. The quantitative estimate of drug-likeness (QED) is 0.630. The summed E-state index contributed by atoms with van der Waals surface area (Å²) in [4.78, 5) is 16.7. The molecule has 0 aliphatic carbocycles. The fourth-order valence-electron chi connectivity index (χ4n) is 2.39. The van der Waals surface area contributed by atoms with Crippen molar-refractivity contribution in [1.29, 1.82) is 0 Å². The van der Waals surface area contributed by atoms with E-state index >= 15 is 0 Å². The van der Waals surface area contributed by atoms with Crippen LogP contribution in [0.25, 0.3) is 10.6 Å². The van der Waals surface area contributed by atoms with E-state index in [2.05, 4.69) is 10.3 Å². The molecule has 0 aliphatic heterocycles. The van der Waals surface area contributed by atoms with Crippen molar-refractivity contribution >= 4 is 34.5 Å². The minimum atomic E-state index is -0.535. The van der Waals surface area contributed by atoms with Gasteiger partial charge in [0.1, 0.15) is 16.6 Å². The van der Waals surface area contributed by atoms with Crippen LogP contribution in [0.3, 0.4) is 0 Å². The van der Waals surface area contributed by atoms with Crippen LogP contribution in [0.1, 0.15) is 12.6 Å². The highest BCUT2D eigenvalue weighted by Gasteiger charge is 2.13. The Morgan fingerprint density at radius 2 is 2.12 bits per heavy atom. The standard InChI is InChI=1S/C19H16ClFN2O2S/c1-2-25-17-6-4-3-5-14(17)19-22-13(11-26-19)10-18(24)23-16-9-12(20)7-8-15(16)21/h3-9,11H,2,10H2,1H3,(H,23,24). The Kier molecular flexibility index (Phi) is 5.85. The topological polar surface area (TPSA) is 51.2 Å². The van der Waals surface area contributed by atoms with Crippen molar-refractivity contribution in [2.75, 3.05) is 11.9 Å². The van der Waals surface area contributed by atoms with Gasteiger partial charge in [-0.3, -0.25) is 4.79 Å². The highest BCUT2D eigenvalue weighted by molar-refractivity contribution is 7.13. The Bertz CT molecular complexity index is 929. The lowest BCUT2D eigenvalue weighted by Crippen LogP contribution is -2.15. The zero-order chi connectivity index (χ0) is 18.5. The zero-order valence-corrected chi connectivity index (χ0v) is 15.5. The third-order valence-corrected chi connectivity index (χ3v) is 4.67. The summed E-state index contributed by atoms with van der Waals surface area (Å²) in [6, 6.07) is 11.6. The van der Waals surface area contributed by atoms with E-state index in [0.717, 1.165) is 16.3 Å². The average molecular weight is 391 g/mol. The number of hydrogen-bond donors (Lipinski definition) is 1. The minimum absolute atomic E-state index is 0.0409. The van der Waals surface area contributed by atoms with Crippen LogP contribution in [0.5, 0.6) is 5.75 Å². The van der Waals surface area contributed by atoms with E-state index in [-0.39, 0.29) is 18.0 Å². The molecule has 0 atom stereocenters. The number of para-hydroxylation sites is 1. The molecule has 0 bridgehead atoms. The van der Waals surface area contributed by atoms with Crippen LogP contribution in [0.4, 0.5) is 10.1 Å². The van der Waals surface area contributed by atoms with Gasteiger partial charge in [0.15, 0.2) is 0 Å². The van der Waals surface area contributed by atoms with Crippen LogP contribution < -0.4 is 10.1 Å². The number of rotatable bonds is 6. The second kappa shape index (κ2) is 8.29. The Hall–Kier alpha value is -2.44. The number of nitrogens with one attached hydrogen (secondary N) is 1. The zero-order valence-electron chi connectivity index (χ0n) is 14.0. The predicted molar refractivity (Wildman–Crippen MR) is 102 cm³/mol. The number of aromatic nitrogens is 1. The maximum absolute atomic E-state index is 13.7. The predicted octanol–water partition coefficient (Wildman–Crippen LogP) is 5.18. The van der Waals surface area contributed by atoms with Crippen LogP contribution in [-0.2, 0) is 11.2 Å². The van der Waals surface area contributed by atoms with Gasteiger partial charge in [0.2, 0.25) is 5.91 Å². The second-order valence-corrected chi connectivity index (χ2v) is 6.72. The molecule has 134 valence electrons. The van der Waals surface area contributed by atoms with Gasteiger partial charge in [0.25, 0.3) is 0 Å². The van der Waals surface area contributed by atoms with Gasteiger partial charge in [-0.05, 0) is 37.3 Å². The fraction of sp³-hybridized carbons (Fsp3) is 0.158. The maximum atomic E-state index is 13.7. The van der Waals surface area contributed by atoms with Crippen molar-refractivity contribution in [3.05, 3.63) is 64.4 Å². The van der Waals surface area contributed by atoms with Crippen molar-refractivity contribution < 1.29 is 13.9 Å². The number of thiazole rings is 1. The highest BCUT2D eigenvalue weighted by atomic mass is 35.5. The Morgan fingerprint density at radius 3 is 2.92 bits per heavy atom. The molecule has 2 aromatic carbocycles. The molecule has 1 N–H and O–H groups in total. The Morgan fingerprint density at radius 1 is 1.31 bits per heavy atom. The summed E-state index contributed by atoms with van der Waals surface area (Å²) in [5.41, 5.74) is 1.54. The smallest absolute Gasteiger partial charge is 0.230 e. The molecule has 26 heavy (non-hydrogen) atoms. The summed E-state index contributed by atoms with van der Waals surface area (Å²) in [6.45, 7) is 2.48. The molecular weight excluding hydrogens is 375 g/mol. The van der Waals surface area contributed by atoms with Gasteiger partial charge in [-0.25, -0.2) is 9.37 Å². The van der Waals surface area contributed by atoms with Crippen molar-refractivity contribution in [2.45, 2.75) is 13.3 Å². The lowest BCUT2D eigenvalue weighted by atomic mass is 10.2. The molecule has 0 saturated carbocycles. The molecular formula is C19H16ClFN2O2S. The van der Waals surface area contributed by atoms with Crippen molar-refractivity contribution in [3.8, 4) is 16.3 Å². The molecule has 3 rings (SSSR count). The van der Waals surface area contributed by atoms with Gasteiger partial charge in [-0.2, -0.15) is 0 Å². The van der Waals surface area contributed by atoms with Crippen LogP contribution >= 0.6 is 22.9 Å². The number of anilines is 1. The van der Waals surface area contributed by atoms with Gasteiger partial charge in [-0.15, -0.1) is 11.3 Å². The number of amides is 1. The first-order chi connectivity index (χ1) is 12.6. The van der Waals surface area contributed by atoms with E-state index in [1.54, 1.807) is 0 Å². The summed E-state index contributed by atoms with van der Waals surface area (Å²) in [6.07, 6.45) is 0.0409. The summed E-state index contributed by atoms with van der Waals surface area (Å²) >= 11 is 7.26. The number of benzene rings is 2. The molecule has 0 radical (unpaired) electrons. The molecule has 1 heterocycles. The molecule has 4 nitrogen and oxygen atoms in total. The number of carbonyl (C=O) groups is 1. The molecule has 0 aliphatic rings. The molecule has 0 unspecified atom stereocenters. The molecule has 7 heteroatoms. The number of hydrogen-bond acceptors (Lipinski definition) is 4. The van der Waals surface area contributed by atoms with Crippen LogP contribution in [-0.4, -0.2) is 17.5 Å². The third kappa shape index (κ3) is 4.39. The Labute approximate surface area is 159 Å². The van der Waals surface area contributed by atoms with Crippen LogP contribution in [0.15, 0.2) is 47.8 Å². The number of ether oxygens (including phenoxy) is 1. The number of carbonyl (C=O) groups excluding carboxylic acids is 1. The number of halogens is 2. The van der Waals surface area contributed by atoms with Crippen LogP contribution in [0, 0.1) is 5.82 Å². The van der Waals surface area contributed by atoms with Crippen molar-refractivity contribution in [3.63, 3.8) is 0 Å². The van der Waals surface area contributed by atoms with Gasteiger partial charge in [-0.1, -0.05) is 23.7 Å². The molecule has 0 fully saturated rings. The summed E-state index contributed by atoms with van der Waals surface area (Å²) in [5, 5.41) is 5.45. The molecule has 1 amide bonds. The van der Waals surface area contributed by atoms with Crippen LogP contribution in [0.2, 0.25) is 5.02 Å². The fourth-order valence-corrected chi connectivity index (χ4v) is 3.41. The van der Waals surface area contributed by atoms with E-state index < -0.39 is 5.82 Å². The van der Waals surface area contributed by atoms with Crippen molar-refractivity contribution in [2.24, 2.45) is 0 Å². The first-order valence-electron chi connectivity index (χ1n) is 7.98. The molecule has 0 spiro atoms. The number of nitrogens with zero attached hydrogens (tertiary/aromatic N) is 1. The van der Waals surface area contributed by atoms with Gasteiger partial charge < -0.3 is 10.1 Å². The van der Waals surface area contributed by atoms with E-state index in [9.17, 15) is 9.18 Å². The summed E-state index contributed by atoms with van der Waals surface area (Å²) in [7, 11) is 0. The first-order valence-corrected chi connectivity index (χ1v) is 9.24. The molecule has 3 aromatic rings. The summed E-state index contributed by atoms with van der Waals surface area (Å²) < 4.78 is 19.3. The third-order valence-electron chi connectivity index (χ3n) is 3.51. The SMILES string of the molecule is CCOc1ccccc1-c1nc(CC(=O)Nc2cc(Cl)ccc2F)cs1. The Balaban J connectivity index is 1.72. The highest BCUT2D eigenvalue weighted by Crippen LogP contribution is 2.32. The van der Waals surface area contributed by atoms with E-state index in [4.69, 9.17) is 16.3 Å². The lowest BCUT2D eigenvalue weighted by Gasteiger charge is -2.07. The molecule has 1 aromatic heterocycles. The normalized spacial score (nSPS) is 10.6. The molecule has 0 saturated heterocycles. The van der Waals surface area contributed by atoms with E-state index in [0.29, 0.717) is 17.3 Å². The maximum Gasteiger partial charge on any atom is 0.230 e. The van der Waals surface area contributed by atoms with Gasteiger partial charge >= 0.3 is 0 Å².